The van der Waals surface area contributed by atoms with Gasteiger partial charge in [0.1, 0.15) is 0 Å². The van der Waals surface area contributed by atoms with Gasteiger partial charge in [-0.25, -0.2) is 0 Å². The highest BCUT2D eigenvalue weighted by Gasteiger charge is 2.16. The van der Waals surface area contributed by atoms with Crippen molar-refractivity contribution in [1.82, 2.24) is 4.90 Å². The van der Waals surface area contributed by atoms with Crippen LogP contribution in [0.2, 0.25) is 0 Å². The Morgan fingerprint density at radius 3 is 1.43 bits per heavy atom. The van der Waals surface area contributed by atoms with Crippen LogP contribution in [0.4, 0.5) is 0 Å². The highest BCUT2D eigenvalue weighted by molar-refractivity contribution is 5.19. The van der Waals surface area contributed by atoms with E-state index in [1.54, 1.807) is 0 Å². The second-order valence-corrected chi connectivity index (χ2v) is 8.53. The zero-order valence-corrected chi connectivity index (χ0v) is 19.4. The Kier molecular flexibility index (Phi) is 16.4. The standard InChI is InChI=1S/C27H49N/c1-4-7-8-9-10-11-12-13-14-15-16-17-18-22-25-27(28(5-2)6-3)26-23-20-19-21-24-26/h19-21,23-24,27H,4-18,22,25H2,1-3H3. The van der Waals surface area contributed by atoms with Gasteiger partial charge in [-0.05, 0) is 25.1 Å². The van der Waals surface area contributed by atoms with E-state index in [-0.39, 0.29) is 0 Å². The minimum Gasteiger partial charge on any atom is -0.297 e. The molecular formula is C27H49N. The van der Waals surface area contributed by atoms with Crippen LogP contribution >= 0.6 is 0 Å². The Morgan fingerprint density at radius 2 is 1.00 bits per heavy atom. The van der Waals surface area contributed by atoms with E-state index in [9.17, 15) is 0 Å². The second kappa shape index (κ2) is 18.2. The minimum absolute atomic E-state index is 0.605. The van der Waals surface area contributed by atoms with Gasteiger partial charge in [-0.3, -0.25) is 4.90 Å². The molecule has 1 atom stereocenters. The Hall–Kier alpha value is -0.820. The monoisotopic (exact) mass is 387 g/mol. The Balaban J connectivity index is 2.04. The molecule has 1 aromatic rings. The lowest BCUT2D eigenvalue weighted by Crippen LogP contribution is -2.28. The summed E-state index contributed by atoms with van der Waals surface area (Å²) in [5.74, 6) is 0. The zero-order chi connectivity index (χ0) is 20.3. The molecule has 0 amide bonds. The number of nitrogens with zero attached hydrogens (tertiary/aromatic N) is 1. The molecule has 1 nitrogen and oxygen atoms in total. The van der Waals surface area contributed by atoms with Gasteiger partial charge >= 0.3 is 0 Å². The maximum Gasteiger partial charge on any atom is 0.0347 e. The lowest BCUT2D eigenvalue weighted by Gasteiger charge is -2.30. The van der Waals surface area contributed by atoms with Crippen LogP contribution in [0.3, 0.4) is 0 Å². The molecular weight excluding hydrogens is 338 g/mol. The summed E-state index contributed by atoms with van der Waals surface area (Å²) in [7, 11) is 0. The molecule has 1 rings (SSSR count). The van der Waals surface area contributed by atoms with Crippen molar-refractivity contribution < 1.29 is 0 Å². The summed E-state index contributed by atoms with van der Waals surface area (Å²) in [6, 6.07) is 11.7. The lowest BCUT2D eigenvalue weighted by molar-refractivity contribution is 0.204. The second-order valence-electron chi connectivity index (χ2n) is 8.53. The molecule has 0 aliphatic heterocycles. The average Bonchev–Trinajstić information content (AvgIpc) is 2.74. The summed E-state index contributed by atoms with van der Waals surface area (Å²) < 4.78 is 0. The van der Waals surface area contributed by atoms with E-state index in [4.69, 9.17) is 0 Å². The SMILES string of the molecule is CCCCCCCCCCCCCCCCC(c1ccccc1)N(CC)CC. The summed E-state index contributed by atoms with van der Waals surface area (Å²) in [5.41, 5.74) is 1.50. The first-order chi connectivity index (χ1) is 13.8. The van der Waals surface area contributed by atoms with Gasteiger partial charge in [0.05, 0.1) is 0 Å². The van der Waals surface area contributed by atoms with Gasteiger partial charge in [-0.2, -0.15) is 0 Å². The largest absolute Gasteiger partial charge is 0.297 e. The molecule has 28 heavy (non-hydrogen) atoms. The lowest BCUT2D eigenvalue weighted by atomic mass is 9.98. The molecule has 0 fully saturated rings. The fraction of sp³-hybridized carbons (Fsp3) is 0.778. The van der Waals surface area contributed by atoms with Crippen LogP contribution in [0, 0.1) is 0 Å². The summed E-state index contributed by atoms with van der Waals surface area (Å²) in [5, 5.41) is 0. The molecule has 0 N–H and O–H groups in total. The van der Waals surface area contributed by atoms with Crippen LogP contribution in [-0.4, -0.2) is 18.0 Å². The van der Waals surface area contributed by atoms with Crippen LogP contribution in [-0.2, 0) is 0 Å². The Morgan fingerprint density at radius 1 is 0.571 bits per heavy atom. The van der Waals surface area contributed by atoms with Crippen LogP contribution in [0.5, 0.6) is 0 Å². The van der Waals surface area contributed by atoms with Crippen LogP contribution in [0.1, 0.15) is 129 Å². The van der Waals surface area contributed by atoms with Crippen molar-refractivity contribution in [2.75, 3.05) is 13.1 Å². The fourth-order valence-electron chi connectivity index (χ4n) is 4.43. The minimum atomic E-state index is 0.605. The van der Waals surface area contributed by atoms with E-state index < -0.39 is 0 Å². The van der Waals surface area contributed by atoms with Crippen molar-refractivity contribution >= 4 is 0 Å². The van der Waals surface area contributed by atoms with E-state index in [1.165, 1.54) is 102 Å². The highest BCUT2D eigenvalue weighted by atomic mass is 15.1. The van der Waals surface area contributed by atoms with E-state index in [1.807, 2.05) is 0 Å². The van der Waals surface area contributed by atoms with Crippen LogP contribution in [0.25, 0.3) is 0 Å². The van der Waals surface area contributed by atoms with Crippen molar-refractivity contribution in [3.05, 3.63) is 35.9 Å². The molecule has 1 unspecified atom stereocenters. The molecule has 0 spiro atoms. The molecule has 1 aromatic carbocycles. The maximum atomic E-state index is 2.62. The van der Waals surface area contributed by atoms with E-state index in [0.29, 0.717) is 6.04 Å². The number of hydrogen-bond acceptors (Lipinski definition) is 1. The predicted octanol–water partition coefficient (Wildman–Crippen LogP) is 8.94. The fourth-order valence-corrected chi connectivity index (χ4v) is 4.43. The molecule has 0 saturated carbocycles. The third-order valence-electron chi connectivity index (χ3n) is 6.27. The zero-order valence-electron chi connectivity index (χ0n) is 19.4. The Bertz CT molecular complexity index is 423. The van der Waals surface area contributed by atoms with Gasteiger partial charge in [0.25, 0.3) is 0 Å². The molecule has 0 bridgehead atoms. The maximum absolute atomic E-state index is 2.62. The van der Waals surface area contributed by atoms with Gasteiger partial charge in [-0.15, -0.1) is 0 Å². The molecule has 0 aliphatic carbocycles. The summed E-state index contributed by atoms with van der Waals surface area (Å²) in [6.07, 6.45) is 21.4. The van der Waals surface area contributed by atoms with Crippen molar-refractivity contribution in [2.24, 2.45) is 0 Å². The van der Waals surface area contributed by atoms with E-state index in [0.717, 1.165) is 13.1 Å². The topological polar surface area (TPSA) is 3.24 Å². The molecule has 162 valence electrons. The summed E-state index contributed by atoms with van der Waals surface area (Å²) in [6.45, 7) is 9.19. The first-order valence-corrected chi connectivity index (χ1v) is 12.6. The third kappa shape index (κ3) is 11.9. The van der Waals surface area contributed by atoms with Crippen LogP contribution in [0.15, 0.2) is 30.3 Å². The molecule has 0 radical (unpaired) electrons. The molecule has 0 saturated heterocycles. The molecule has 0 heterocycles. The smallest absolute Gasteiger partial charge is 0.0347 e. The van der Waals surface area contributed by atoms with Gasteiger partial charge in [0.2, 0.25) is 0 Å². The molecule has 0 aliphatic rings. The van der Waals surface area contributed by atoms with Gasteiger partial charge in [0.15, 0.2) is 0 Å². The van der Waals surface area contributed by atoms with Crippen molar-refractivity contribution in [1.29, 1.82) is 0 Å². The number of benzene rings is 1. The quantitative estimate of drug-likeness (QED) is 0.214. The van der Waals surface area contributed by atoms with E-state index in [2.05, 4.69) is 56.0 Å². The van der Waals surface area contributed by atoms with Gasteiger partial charge in [-0.1, -0.05) is 141 Å². The van der Waals surface area contributed by atoms with Crippen molar-refractivity contribution in [3.8, 4) is 0 Å². The normalized spacial score (nSPS) is 12.6. The third-order valence-corrected chi connectivity index (χ3v) is 6.27. The first kappa shape index (κ1) is 25.2. The highest BCUT2D eigenvalue weighted by Crippen LogP contribution is 2.26. The van der Waals surface area contributed by atoms with Crippen LogP contribution < -0.4 is 0 Å². The number of unbranched alkanes of at least 4 members (excludes halogenated alkanes) is 13. The molecule has 1 heteroatoms. The predicted molar refractivity (Wildman–Crippen MR) is 127 cm³/mol. The van der Waals surface area contributed by atoms with Crippen molar-refractivity contribution in [3.63, 3.8) is 0 Å². The van der Waals surface area contributed by atoms with Gasteiger partial charge in [0, 0.05) is 6.04 Å². The first-order valence-electron chi connectivity index (χ1n) is 12.6. The average molecular weight is 388 g/mol. The number of rotatable bonds is 19. The summed E-state index contributed by atoms with van der Waals surface area (Å²) >= 11 is 0. The van der Waals surface area contributed by atoms with E-state index >= 15 is 0 Å². The molecule has 0 aromatic heterocycles. The van der Waals surface area contributed by atoms with Gasteiger partial charge < -0.3 is 0 Å². The summed E-state index contributed by atoms with van der Waals surface area (Å²) in [4.78, 5) is 2.62. The number of hydrogen-bond donors (Lipinski definition) is 0. The van der Waals surface area contributed by atoms with Crippen molar-refractivity contribution in [2.45, 2.75) is 123 Å². The Labute approximate surface area is 177 Å².